The Morgan fingerprint density at radius 1 is 1.29 bits per heavy atom. The van der Waals surface area contributed by atoms with Gasteiger partial charge < -0.3 is 4.74 Å². The fourth-order valence-electron chi connectivity index (χ4n) is 2.34. The zero-order valence-electron chi connectivity index (χ0n) is 11.4. The van der Waals surface area contributed by atoms with E-state index in [0.29, 0.717) is 12.8 Å². The summed E-state index contributed by atoms with van der Waals surface area (Å²) in [7, 11) is -2.57. The fourth-order valence-corrected chi connectivity index (χ4v) is 4.37. The molecular formula is C13H15Cl2NO4S. The molecule has 1 atom stereocenters. The van der Waals surface area contributed by atoms with Gasteiger partial charge in [0.25, 0.3) is 0 Å². The lowest BCUT2D eigenvalue weighted by atomic mass is 10.1. The predicted octanol–water partition coefficient (Wildman–Crippen LogP) is 2.71. The molecule has 0 spiro atoms. The standard InChI is InChI=1S/C13H15Cl2NO4S/c1-20-13(17)12-4-2-3-7-16(12)21(18,19)9-5-6-10(14)11(15)8-9/h5-6,8,12H,2-4,7H2,1H3/t12-/m1/s1. The molecule has 0 amide bonds. The van der Waals surface area contributed by atoms with E-state index >= 15 is 0 Å². The van der Waals surface area contributed by atoms with Gasteiger partial charge in [-0.05, 0) is 37.5 Å². The second-order valence-electron chi connectivity index (χ2n) is 4.73. The number of ether oxygens (including phenoxy) is 1. The zero-order valence-corrected chi connectivity index (χ0v) is 13.7. The molecule has 1 aromatic carbocycles. The molecule has 0 bridgehead atoms. The number of halogens is 2. The number of carbonyl (C=O) groups is 1. The number of hydrogen-bond donors (Lipinski definition) is 0. The quantitative estimate of drug-likeness (QED) is 0.785. The van der Waals surface area contributed by atoms with Crippen molar-refractivity contribution in [3.63, 3.8) is 0 Å². The van der Waals surface area contributed by atoms with Crippen molar-refractivity contribution in [3.8, 4) is 0 Å². The lowest BCUT2D eigenvalue weighted by molar-refractivity contribution is -0.146. The third kappa shape index (κ3) is 3.34. The highest BCUT2D eigenvalue weighted by Gasteiger charge is 2.38. The lowest BCUT2D eigenvalue weighted by Gasteiger charge is -2.32. The van der Waals surface area contributed by atoms with Gasteiger partial charge in [-0.2, -0.15) is 4.31 Å². The third-order valence-electron chi connectivity index (χ3n) is 3.42. The van der Waals surface area contributed by atoms with Crippen molar-refractivity contribution in [2.75, 3.05) is 13.7 Å². The average molecular weight is 352 g/mol. The molecule has 1 aromatic rings. The predicted molar refractivity (Wildman–Crippen MR) is 80.0 cm³/mol. The molecule has 5 nitrogen and oxygen atoms in total. The van der Waals surface area contributed by atoms with E-state index in [1.54, 1.807) is 0 Å². The maximum atomic E-state index is 12.7. The third-order valence-corrected chi connectivity index (χ3v) is 6.07. The van der Waals surface area contributed by atoms with Gasteiger partial charge >= 0.3 is 5.97 Å². The minimum Gasteiger partial charge on any atom is -0.468 e. The van der Waals surface area contributed by atoms with Crippen LogP contribution in [0, 0.1) is 0 Å². The second kappa shape index (κ2) is 6.52. The zero-order chi connectivity index (χ0) is 15.6. The largest absolute Gasteiger partial charge is 0.468 e. The van der Waals surface area contributed by atoms with Crippen LogP contribution in [0.25, 0.3) is 0 Å². The fraction of sp³-hybridized carbons (Fsp3) is 0.462. The average Bonchev–Trinajstić information content (AvgIpc) is 2.49. The summed E-state index contributed by atoms with van der Waals surface area (Å²) < 4.78 is 31.3. The molecule has 21 heavy (non-hydrogen) atoms. The molecule has 0 radical (unpaired) electrons. The van der Waals surface area contributed by atoms with E-state index in [-0.39, 0.29) is 21.5 Å². The molecule has 2 rings (SSSR count). The first kappa shape index (κ1) is 16.5. The normalized spacial score (nSPS) is 20.2. The Hall–Kier alpha value is -0.820. The van der Waals surface area contributed by atoms with E-state index in [1.807, 2.05) is 0 Å². The van der Waals surface area contributed by atoms with Gasteiger partial charge in [0.15, 0.2) is 0 Å². The lowest BCUT2D eigenvalue weighted by Crippen LogP contribution is -2.48. The highest BCUT2D eigenvalue weighted by atomic mass is 35.5. The minimum atomic E-state index is -3.82. The summed E-state index contributed by atoms with van der Waals surface area (Å²) in [5, 5.41) is 0.433. The number of carbonyl (C=O) groups excluding carboxylic acids is 1. The second-order valence-corrected chi connectivity index (χ2v) is 7.43. The van der Waals surface area contributed by atoms with Crippen molar-refractivity contribution in [2.45, 2.75) is 30.2 Å². The maximum absolute atomic E-state index is 12.7. The van der Waals surface area contributed by atoms with Gasteiger partial charge in [0, 0.05) is 6.54 Å². The van der Waals surface area contributed by atoms with Crippen molar-refractivity contribution in [1.82, 2.24) is 4.31 Å². The van der Waals surface area contributed by atoms with Crippen LogP contribution < -0.4 is 0 Å². The number of esters is 1. The molecule has 116 valence electrons. The van der Waals surface area contributed by atoms with Crippen LogP contribution in [0.4, 0.5) is 0 Å². The summed E-state index contributed by atoms with van der Waals surface area (Å²) in [6.07, 6.45) is 1.94. The first-order valence-electron chi connectivity index (χ1n) is 6.42. The molecule has 0 unspecified atom stereocenters. The van der Waals surface area contributed by atoms with Crippen LogP contribution in [0.15, 0.2) is 23.1 Å². The molecule has 1 heterocycles. The molecule has 1 fully saturated rings. The van der Waals surface area contributed by atoms with E-state index in [1.165, 1.54) is 29.6 Å². The van der Waals surface area contributed by atoms with Gasteiger partial charge in [-0.15, -0.1) is 0 Å². The number of piperidine rings is 1. The van der Waals surface area contributed by atoms with E-state index in [2.05, 4.69) is 0 Å². The number of benzene rings is 1. The molecular weight excluding hydrogens is 337 g/mol. The Labute approximate surface area is 133 Å². The number of methoxy groups -OCH3 is 1. The smallest absolute Gasteiger partial charge is 0.324 e. The topological polar surface area (TPSA) is 63.7 Å². The SMILES string of the molecule is COC(=O)[C@H]1CCCCN1S(=O)(=O)c1ccc(Cl)c(Cl)c1. The van der Waals surface area contributed by atoms with E-state index in [4.69, 9.17) is 27.9 Å². The van der Waals surface area contributed by atoms with Crippen molar-refractivity contribution in [3.05, 3.63) is 28.2 Å². The van der Waals surface area contributed by atoms with Gasteiger partial charge in [-0.3, -0.25) is 4.79 Å². The molecule has 0 aromatic heterocycles. The van der Waals surface area contributed by atoms with E-state index in [9.17, 15) is 13.2 Å². The van der Waals surface area contributed by atoms with Crippen LogP contribution in [0.3, 0.4) is 0 Å². The van der Waals surface area contributed by atoms with Crippen molar-refractivity contribution in [1.29, 1.82) is 0 Å². The summed E-state index contributed by atoms with van der Waals surface area (Å²) in [5.41, 5.74) is 0. The van der Waals surface area contributed by atoms with Gasteiger partial charge in [-0.1, -0.05) is 23.2 Å². The van der Waals surface area contributed by atoms with Gasteiger partial charge in [0.2, 0.25) is 10.0 Å². The summed E-state index contributed by atoms with van der Waals surface area (Å²) in [4.78, 5) is 11.8. The molecule has 1 aliphatic rings. The van der Waals surface area contributed by atoms with Gasteiger partial charge in [0.1, 0.15) is 6.04 Å². The monoisotopic (exact) mass is 351 g/mol. The highest BCUT2D eigenvalue weighted by molar-refractivity contribution is 7.89. The Kier molecular flexibility index (Phi) is 5.14. The molecule has 1 saturated heterocycles. The van der Waals surface area contributed by atoms with Crippen LogP contribution >= 0.6 is 23.2 Å². The van der Waals surface area contributed by atoms with Crippen molar-refractivity contribution < 1.29 is 17.9 Å². The molecule has 0 saturated carbocycles. The van der Waals surface area contributed by atoms with E-state index in [0.717, 1.165) is 6.42 Å². The number of hydrogen-bond acceptors (Lipinski definition) is 4. The van der Waals surface area contributed by atoms with Crippen LogP contribution in [-0.2, 0) is 19.6 Å². The Morgan fingerprint density at radius 3 is 2.62 bits per heavy atom. The first-order chi connectivity index (χ1) is 9.87. The summed E-state index contributed by atoms with van der Waals surface area (Å²) in [6, 6.07) is 3.31. The summed E-state index contributed by atoms with van der Waals surface area (Å²) in [6.45, 7) is 0.280. The number of sulfonamides is 1. The summed E-state index contributed by atoms with van der Waals surface area (Å²) >= 11 is 11.7. The van der Waals surface area contributed by atoms with E-state index < -0.39 is 22.0 Å². The molecule has 1 aliphatic heterocycles. The Bertz CT molecular complexity index is 648. The van der Waals surface area contributed by atoms with Crippen molar-refractivity contribution >= 4 is 39.2 Å². The molecule has 8 heteroatoms. The molecule has 0 aliphatic carbocycles. The summed E-state index contributed by atoms with van der Waals surface area (Å²) in [5.74, 6) is -0.543. The highest BCUT2D eigenvalue weighted by Crippen LogP contribution is 2.30. The minimum absolute atomic E-state index is 0.0210. The Morgan fingerprint density at radius 2 is 2.00 bits per heavy atom. The maximum Gasteiger partial charge on any atom is 0.324 e. The Balaban J connectivity index is 2.40. The number of nitrogens with zero attached hydrogens (tertiary/aromatic N) is 1. The van der Waals surface area contributed by atoms with Gasteiger partial charge in [0.05, 0.1) is 22.1 Å². The first-order valence-corrected chi connectivity index (χ1v) is 8.62. The van der Waals surface area contributed by atoms with Crippen molar-refractivity contribution in [2.24, 2.45) is 0 Å². The van der Waals surface area contributed by atoms with Crippen LogP contribution in [0.1, 0.15) is 19.3 Å². The molecule has 0 N–H and O–H groups in total. The van der Waals surface area contributed by atoms with Crippen LogP contribution in [0.2, 0.25) is 10.0 Å². The number of rotatable bonds is 3. The van der Waals surface area contributed by atoms with Crippen LogP contribution in [-0.4, -0.2) is 38.4 Å². The van der Waals surface area contributed by atoms with Gasteiger partial charge in [-0.25, -0.2) is 8.42 Å². The van der Waals surface area contributed by atoms with Crippen LogP contribution in [0.5, 0.6) is 0 Å².